The van der Waals surface area contributed by atoms with Crippen LogP contribution >= 0.6 is 0 Å². The first-order valence-corrected chi connectivity index (χ1v) is 6.72. The molecule has 7 nitrogen and oxygen atoms in total. The summed E-state index contributed by atoms with van der Waals surface area (Å²) < 4.78 is 3.77. The van der Waals surface area contributed by atoms with E-state index < -0.39 is 0 Å². The number of rotatable bonds is 3. The smallest absolute Gasteiger partial charge is 0.271 e. The summed E-state index contributed by atoms with van der Waals surface area (Å²) in [5.74, 6) is 0.621. The molecule has 0 radical (unpaired) electrons. The molecule has 3 rings (SSSR count). The fraction of sp³-hybridized carbons (Fsp3) is 0.462. The minimum atomic E-state index is -0.156. The first-order chi connectivity index (χ1) is 9.65. The summed E-state index contributed by atoms with van der Waals surface area (Å²) in [6, 6.07) is 0. The third-order valence-electron chi connectivity index (χ3n) is 3.64. The number of nitrogens with one attached hydrogen (secondary N) is 2. The van der Waals surface area contributed by atoms with Gasteiger partial charge in [0.15, 0.2) is 0 Å². The first-order valence-electron chi connectivity index (χ1n) is 6.72. The van der Waals surface area contributed by atoms with Crippen molar-refractivity contribution in [3.8, 4) is 0 Å². The number of carbonyl (C=O) groups excluding carboxylic acids is 1. The number of imidazole rings is 1. The van der Waals surface area contributed by atoms with Crippen LogP contribution < -0.4 is 10.6 Å². The van der Waals surface area contributed by atoms with Gasteiger partial charge in [-0.05, 0) is 13.3 Å². The van der Waals surface area contributed by atoms with Gasteiger partial charge in [-0.1, -0.05) is 0 Å². The summed E-state index contributed by atoms with van der Waals surface area (Å²) in [6.45, 7) is 4.26. The largest absolute Gasteiger partial charge is 0.356 e. The van der Waals surface area contributed by atoms with Crippen LogP contribution in [0.2, 0.25) is 0 Å². The second-order valence-electron chi connectivity index (χ2n) is 4.98. The van der Waals surface area contributed by atoms with E-state index in [1.807, 2.05) is 18.5 Å². The van der Waals surface area contributed by atoms with E-state index in [-0.39, 0.29) is 5.91 Å². The molecule has 0 aliphatic carbocycles. The maximum absolute atomic E-state index is 12.1. The zero-order chi connectivity index (χ0) is 14.1. The van der Waals surface area contributed by atoms with Gasteiger partial charge in [0.05, 0.1) is 6.20 Å². The molecule has 0 spiro atoms. The lowest BCUT2D eigenvalue weighted by atomic mass is 10.2. The Hall–Kier alpha value is -2.31. The second kappa shape index (κ2) is 4.99. The Labute approximate surface area is 117 Å². The van der Waals surface area contributed by atoms with E-state index in [0.29, 0.717) is 12.2 Å². The van der Waals surface area contributed by atoms with Gasteiger partial charge in [-0.25, -0.2) is 4.98 Å². The molecule has 0 saturated carbocycles. The predicted molar refractivity (Wildman–Crippen MR) is 74.4 cm³/mol. The summed E-state index contributed by atoms with van der Waals surface area (Å²) >= 11 is 0. The number of nitrogens with zero attached hydrogens (tertiary/aromatic N) is 4. The highest BCUT2D eigenvalue weighted by molar-refractivity contribution is 5.92. The lowest BCUT2D eigenvalue weighted by Gasteiger charge is -2.14. The molecule has 1 aliphatic heterocycles. The molecular weight excluding hydrogens is 256 g/mol. The van der Waals surface area contributed by atoms with Crippen molar-refractivity contribution in [3.05, 3.63) is 29.3 Å². The Bertz CT molecular complexity index is 618. The van der Waals surface area contributed by atoms with Gasteiger partial charge in [-0.3, -0.25) is 9.48 Å². The fourth-order valence-electron chi connectivity index (χ4n) is 2.27. The Morgan fingerprint density at radius 2 is 2.40 bits per heavy atom. The van der Waals surface area contributed by atoms with Gasteiger partial charge >= 0.3 is 0 Å². The Morgan fingerprint density at radius 1 is 1.55 bits per heavy atom. The summed E-state index contributed by atoms with van der Waals surface area (Å²) in [4.78, 5) is 16.4. The van der Waals surface area contributed by atoms with E-state index in [9.17, 15) is 4.79 Å². The molecule has 2 N–H and O–H groups in total. The van der Waals surface area contributed by atoms with Crippen LogP contribution in [-0.2, 0) is 20.1 Å². The number of aromatic nitrogens is 4. The summed E-state index contributed by atoms with van der Waals surface area (Å²) in [5, 5.41) is 10.2. The van der Waals surface area contributed by atoms with E-state index in [1.165, 1.54) is 0 Å². The third kappa shape index (κ3) is 2.26. The molecule has 2 aromatic heterocycles. The zero-order valence-corrected chi connectivity index (χ0v) is 11.7. The van der Waals surface area contributed by atoms with Crippen LogP contribution in [-0.4, -0.2) is 31.8 Å². The maximum Gasteiger partial charge on any atom is 0.271 e. The van der Waals surface area contributed by atoms with Gasteiger partial charge in [0, 0.05) is 44.1 Å². The van der Waals surface area contributed by atoms with Gasteiger partial charge in [-0.15, -0.1) is 0 Å². The van der Waals surface area contributed by atoms with Gasteiger partial charge < -0.3 is 15.2 Å². The Kier molecular flexibility index (Phi) is 3.17. The van der Waals surface area contributed by atoms with E-state index in [2.05, 4.69) is 20.7 Å². The number of hydrogen-bond donors (Lipinski definition) is 2. The summed E-state index contributed by atoms with van der Waals surface area (Å²) in [7, 11) is 1.88. The molecule has 1 amide bonds. The van der Waals surface area contributed by atoms with Gasteiger partial charge in [0.25, 0.3) is 5.91 Å². The van der Waals surface area contributed by atoms with Crippen LogP contribution in [0.4, 0.5) is 5.95 Å². The van der Waals surface area contributed by atoms with Crippen LogP contribution in [0.3, 0.4) is 0 Å². The molecule has 0 fully saturated rings. The highest BCUT2D eigenvalue weighted by atomic mass is 16.1. The molecule has 0 atom stereocenters. The number of hydrogen-bond acceptors (Lipinski definition) is 4. The van der Waals surface area contributed by atoms with Crippen molar-refractivity contribution in [2.75, 3.05) is 11.9 Å². The van der Waals surface area contributed by atoms with Gasteiger partial charge in [0.2, 0.25) is 5.95 Å². The van der Waals surface area contributed by atoms with E-state index in [1.54, 1.807) is 17.1 Å². The van der Waals surface area contributed by atoms with Crippen molar-refractivity contribution in [3.63, 3.8) is 0 Å². The lowest BCUT2D eigenvalue weighted by molar-refractivity contribution is 0.0946. The maximum atomic E-state index is 12.1. The molecule has 3 heterocycles. The first kappa shape index (κ1) is 12.7. The van der Waals surface area contributed by atoms with Crippen LogP contribution in [0, 0.1) is 6.92 Å². The van der Waals surface area contributed by atoms with Crippen molar-refractivity contribution in [1.82, 2.24) is 24.6 Å². The molecule has 0 aromatic carbocycles. The van der Waals surface area contributed by atoms with Crippen LogP contribution in [0.15, 0.2) is 12.4 Å². The van der Waals surface area contributed by atoms with Crippen LogP contribution in [0.25, 0.3) is 0 Å². The molecule has 7 heteroatoms. The average Bonchev–Trinajstić information content (AvgIpc) is 3.02. The van der Waals surface area contributed by atoms with E-state index >= 15 is 0 Å². The quantitative estimate of drug-likeness (QED) is 0.862. The van der Waals surface area contributed by atoms with Gasteiger partial charge in [-0.2, -0.15) is 5.10 Å². The molecule has 0 bridgehead atoms. The van der Waals surface area contributed by atoms with Crippen molar-refractivity contribution in [1.29, 1.82) is 0 Å². The molecular formula is C13H18N6O. The molecule has 1 aliphatic rings. The van der Waals surface area contributed by atoms with Gasteiger partial charge in [0.1, 0.15) is 5.69 Å². The van der Waals surface area contributed by atoms with Crippen molar-refractivity contribution in [2.24, 2.45) is 7.05 Å². The number of anilines is 1. The van der Waals surface area contributed by atoms with Crippen LogP contribution in [0.1, 0.15) is 28.2 Å². The minimum Gasteiger partial charge on any atom is -0.356 e. The molecule has 0 saturated heterocycles. The van der Waals surface area contributed by atoms with E-state index in [0.717, 1.165) is 36.7 Å². The predicted octanol–water partition coefficient (Wildman–Crippen LogP) is 0.671. The van der Waals surface area contributed by atoms with Crippen molar-refractivity contribution in [2.45, 2.75) is 26.4 Å². The molecule has 0 unspecified atom stereocenters. The Balaban J connectivity index is 1.67. The molecule has 20 heavy (non-hydrogen) atoms. The molecule has 106 valence electrons. The topological polar surface area (TPSA) is 76.8 Å². The highest BCUT2D eigenvalue weighted by Crippen LogP contribution is 2.14. The van der Waals surface area contributed by atoms with E-state index in [4.69, 9.17) is 0 Å². The number of fused-ring (bicyclic) bond motifs is 1. The average molecular weight is 274 g/mol. The summed E-state index contributed by atoms with van der Waals surface area (Å²) in [6.07, 6.45) is 4.63. The number of carbonyl (C=O) groups is 1. The van der Waals surface area contributed by atoms with Crippen molar-refractivity contribution < 1.29 is 4.79 Å². The monoisotopic (exact) mass is 274 g/mol. The standard InChI is InChI=1S/C13H18N6O/c1-9-10(7-16-18(9)2)6-15-12(20)11-8-19-5-3-4-14-13(19)17-11/h7-8H,3-6H2,1-2H3,(H,14,17)(H,15,20). The summed E-state index contributed by atoms with van der Waals surface area (Å²) in [5.41, 5.74) is 2.52. The number of aryl methyl sites for hydroxylation is 2. The minimum absolute atomic E-state index is 0.156. The molecule has 2 aromatic rings. The SMILES string of the molecule is Cc1c(CNC(=O)c2cn3c(n2)NCCC3)cnn1C. The second-order valence-corrected chi connectivity index (χ2v) is 4.98. The normalized spacial score (nSPS) is 13.7. The highest BCUT2D eigenvalue weighted by Gasteiger charge is 2.16. The third-order valence-corrected chi connectivity index (χ3v) is 3.64. The Morgan fingerprint density at radius 3 is 3.10 bits per heavy atom. The zero-order valence-electron chi connectivity index (χ0n) is 11.7. The number of amides is 1. The van der Waals surface area contributed by atoms with Crippen molar-refractivity contribution >= 4 is 11.9 Å². The lowest BCUT2D eigenvalue weighted by Crippen LogP contribution is -2.23. The van der Waals surface area contributed by atoms with Crippen LogP contribution in [0.5, 0.6) is 0 Å². The fourth-order valence-corrected chi connectivity index (χ4v) is 2.27.